The molecule has 16 nitrogen and oxygen atoms in total. The molecule has 0 rings (SSSR count). The Kier molecular flexibility index (Phi) is 14.0. The quantitative estimate of drug-likeness (QED) is 0.0721. The smallest absolute Gasteiger partial charge is 0.303 e. The summed E-state index contributed by atoms with van der Waals surface area (Å²) in [7, 11) is 0. The molecule has 0 aromatic heterocycles. The normalized spacial score (nSPS) is 10.7. The lowest BCUT2D eigenvalue weighted by molar-refractivity contribution is -0.138. The van der Waals surface area contributed by atoms with E-state index < -0.39 is 5.97 Å². The lowest BCUT2D eigenvalue weighted by Crippen LogP contribution is -2.67. The van der Waals surface area contributed by atoms with Crippen LogP contribution in [0, 0.1) is 0 Å². The van der Waals surface area contributed by atoms with Crippen molar-refractivity contribution < 1.29 is 14.7 Å². The monoisotopic (exact) mass is 311 g/mol. The third kappa shape index (κ3) is 16.6. The predicted molar refractivity (Wildman–Crippen MR) is 68.6 cm³/mol. The second-order valence-corrected chi connectivity index (χ2v) is 3.18. The van der Waals surface area contributed by atoms with Crippen LogP contribution >= 0.6 is 0 Å². The summed E-state index contributed by atoms with van der Waals surface area (Å²) in [5.41, 5.74) is 28.7. The van der Waals surface area contributed by atoms with Gasteiger partial charge in [0.05, 0.1) is 13.0 Å². The Morgan fingerprint density at radius 3 is 1.71 bits per heavy atom. The average molecular weight is 311 g/mol. The zero-order chi connectivity index (χ0) is 15.8. The number of Topliss-reactive ketones (excluding diaryl/α,β-unsaturated/α-hetero) is 1. The van der Waals surface area contributed by atoms with E-state index in [-0.39, 0.29) is 25.2 Å². The molecule has 0 aliphatic carbocycles. The van der Waals surface area contributed by atoms with Crippen molar-refractivity contribution in [3.63, 3.8) is 0 Å². The number of nitrogens with two attached hydrogens (primary N) is 1. The van der Waals surface area contributed by atoms with Gasteiger partial charge in [-0.1, -0.05) is 0 Å². The maximum Gasteiger partial charge on any atom is 0.303 e. The number of ketones is 1. The highest BCUT2D eigenvalue weighted by molar-refractivity contribution is 5.83. The molecule has 0 radical (unpaired) electrons. The van der Waals surface area contributed by atoms with Gasteiger partial charge < -0.3 is 5.11 Å². The average Bonchev–Trinajstić information content (AvgIpc) is 2.46. The summed E-state index contributed by atoms with van der Waals surface area (Å²) >= 11 is 0. The van der Waals surface area contributed by atoms with E-state index in [4.69, 9.17) is 10.9 Å². The largest absolute Gasteiger partial charge is 0.481 e. The molecule has 21 heavy (non-hydrogen) atoms. The SMILES string of the molecule is NNNNNNNNNNNNNCC(=O)CCC(=O)O. The lowest BCUT2D eigenvalue weighted by Gasteiger charge is -2.13. The van der Waals surface area contributed by atoms with Crippen molar-refractivity contribution in [2.75, 3.05) is 6.54 Å². The summed E-state index contributed by atoms with van der Waals surface area (Å²) in [6, 6.07) is 0. The zero-order valence-corrected chi connectivity index (χ0v) is 11.0. The standard InChI is InChI=1S/C5H21N13O3/c6-8-10-12-14-16-18-17-15-13-11-9-7-3-4(19)1-2-5(20)21/h7-18H,1-3,6H2,(H,20,21). The minimum atomic E-state index is -1.01. The van der Waals surface area contributed by atoms with Crippen molar-refractivity contribution in [3.8, 4) is 0 Å². The van der Waals surface area contributed by atoms with Gasteiger partial charge in [0, 0.05) is 6.42 Å². The molecule has 0 aliphatic rings. The molecule has 0 heterocycles. The minimum absolute atomic E-state index is 0.0209. The van der Waals surface area contributed by atoms with Crippen LogP contribution in [-0.4, -0.2) is 23.4 Å². The van der Waals surface area contributed by atoms with Crippen molar-refractivity contribution in [3.05, 3.63) is 0 Å². The summed E-state index contributed by atoms with van der Waals surface area (Å²) in [5, 5.41) is 8.38. The van der Waals surface area contributed by atoms with Crippen LogP contribution in [-0.2, 0) is 9.59 Å². The van der Waals surface area contributed by atoms with Crippen LogP contribution in [0.15, 0.2) is 0 Å². The number of rotatable bonds is 16. The van der Waals surface area contributed by atoms with Crippen molar-refractivity contribution in [1.29, 1.82) is 0 Å². The van der Waals surface area contributed by atoms with E-state index >= 15 is 0 Å². The highest BCUT2D eigenvalue weighted by Gasteiger charge is 2.04. The first kappa shape index (κ1) is 19.6. The van der Waals surface area contributed by atoms with E-state index in [9.17, 15) is 9.59 Å². The number of carboxylic acids is 1. The molecule has 16 heteroatoms. The fourth-order valence-corrected chi connectivity index (χ4v) is 0.808. The molecule has 124 valence electrons. The molecule has 0 saturated carbocycles. The van der Waals surface area contributed by atoms with Crippen LogP contribution in [0.3, 0.4) is 0 Å². The number of carbonyl (C=O) groups is 2. The molecule has 0 aromatic carbocycles. The number of hydrogen-bond donors (Lipinski definition) is 14. The van der Waals surface area contributed by atoms with E-state index in [1.807, 2.05) is 0 Å². The summed E-state index contributed by atoms with van der Waals surface area (Å²) < 4.78 is 0. The molecular weight excluding hydrogens is 290 g/mol. The number of hydrazine groups is 12. The van der Waals surface area contributed by atoms with Crippen molar-refractivity contribution >= 4 is 11.8 Å². The van der Waals surface area contributed by atoms with E-state index in [0.29, 0.717) is 0 Å². The fraction of sp³-hybridized carbons (Fsp3) is 0.600. The van der Waals surface area contributed by atoms with Crippen LogP contribution in [0.4, 0.5) is 0 Å². The van der Waals surface area contributed by atoms with Gasteiger partial charge in [0.15, 0.2) is 0 Å². The molecule has 0 unspecified atom stereocenters. The Hall–Kier alpha value is -1.38. The molecule has 0 amide bonds. The van der Waals surface area contributed by atoms with E-state index in [1.54, 1.807) is 0 Å². The fourth-order valence-electron chi connectivity index (χ4n) is 0.808. The molecule has 15 N–H and O–H groups in total. The molecule has 0 fully saturated rings. The molecule has 0 spiro atoms. The van der Waals surface area contributed by atoms with Gasteiger partial charge in [-0.05, 0) is 0 Å². The van der Waals surface area contributed by atoms with Crippen LogP contribution in [0.1, 0.15) is 12.8 Å². The highest BCUT2D eigenvalue weighted by Crippen LogP contribution is 1.88. The summed E-state index contributed by atoms with van der Waals surface area (Å²) in [6.07, 6.45) is -0.210. The topological polar surface area (TPSA) is 225 Å². The molecule has 0 aliphatic heterocycles. The third-order valence-electron chi connectivity index (χ3n) is 1.63. The number of carboxylic acid groups (broad SMARTS) is 1. The molecule has 0 atom stereocenters. The van der Waals surface area contributed by atoms with E-state index in [2.05, 4.69) is 66.3 Å². The number of carbonyl (C=O) groups excluding carboxylic acids is 1. The van der Waals surface area contributed by atoms with Crippen molar-refractivity contribution in [2.24, 2.45) is 5.84 Å². The van der Waals surface area contributed by atoms with Gasteiger partial charge >= 0.3 is 5.97 Å². The second-order valence-electron chi connectivity index (χ2n) is 3.18. The Bertz CT molecular complexity index is 277. The van der Waals surface area contributed by atoms with E-state index in [0.717, 1.165) is 0 Å². The highest BCUT2D eigenvalue weighted by atomic mass is 16.4. The van der Waals surface area contributed by atoms with Crippen LogP contribution in [0.5, 0.6) is 0 Å². The van der Waals surface area contributed by atoms with Gasteiger partial charge in [0.25, 0.3) is 0 Å². The molecular formula is C5H21N13O3. The Balaban J connectivity index is 3.12. The van der Waals surface area contributed by atoms with Crippen molar-refractivity contribution in [1.82, 2.24) is 66.3 Å². The van der Waals surface area contributed by atoms with Gasteiger partial charge in [0.2, 0.25) is 0 Å². The predicted octanol–water partition coefficient (Wildman–Crippen LogP) is -6.57. The number of hydrogen-bond acceptors (Lipinski definition) is 15. The first-order valence-corrected chi connectivity index (χ1v) is 5.58. The molecule has 0 saturated heterocycles. The van der Waals surface area contributed by atoms with Crippen LogP contribution < -0.4 is 72.2 Å². The van der Waals surface area contributed by atoms with Gasteiger partial charge in [-0.3, -0.25) is 15.4 Å². The van der Waals surface area contributed by atoms with Crippen LogP contribution in [0.2, 0.25) is 0 Å². The van der Waals surface area contributed by atoms with E-state index in [1.165, 1.54) is 0 Å². The lowest BCUT2D eigenvalue weighted by atomic mass is 10.2. The number of nitrogens with one attached hydrogen (secondary N) is 12. The Labute approximate surface area is 119 Å². The van der Waals surface area contributed by atoms with Crippen molar-refractivity contribution in [2.45, 2.75) is 12.8 Å². The summed E-state index contributed by atoms with van der Waals surface area (Å²) in [4.78, 5) is 21.4. The maximum atomic E-state index is 11.1. The van der Waals surface area contributed by atoms with Crippen LogP contribution in [0.25, 0.3) is 0 Å². The van der Waals surface area contributed by atoms with Gasteiger partial charge in [-0.2, -0.15) is 60.9 Å². The minimum Gasteiger partial charge on any atom is -0.481 e. The summed E-state index contributed by atoms with van der Waals surface area (Å²) in [6.45, 7) is -0.0209. The first-order chi connectivity index (χ1) is 10.2. The second kappa shape index (κ2) is 15.0. The Morgan fingerprint density at radius 2 is 1.24 bits per heavy atom. The first-order valence-electron chi connectivity index (χ1n) is 5.58. The Morgan fingerprint density at radius 1 is 0.762 bits per heavy atom. The van der Waals surface area contributed by atoms with Gasteiger partial charge in [0.1, 0.15) is 5.78 Å². The molecule has 0 bridgehead atoms. The van der Waals surface area contributed by atoms with Gasteiger partial charge in [-0.15, -0.1) is 0 Å². The maximum absolute atomic E-state index is 11.1. The molecule has 0 aromatic rings. The summed E-state index contributed by atoms with van der Waals surface area (Å²) in [5.74, 6) is 3.64. The number of aliphatic carboxylic acids is 1. The van der Waals surface area contributed by atoms with Gasteiger partial charge in [-0.25, -0.2) is 5.43 Å². The third-order valence-corrected chi connectivity index (χ3v) is 1.63. The zero-order valence-electron chi connectivity index (χ0n) is 11.0.